The van der Waals surface area contributed by atoms with E-state index in [9.17, 15) is 0 Å². The normalized spacial score (nSPS) is 6.70. The molecule has 0 aliphatic rings. The maximum absolute atomic E-state index is 7.50. The van der Waals surface area contributed by atoms with Crippen LogP contribution in [0.5, 0.6) is 0 Å². The standard InChI is InChI=1S/2C13H13P.8CO.2Mn/c2*1-14(12-8-4-2-5-9-12)13-10-6-3-7-11-13;8*1-2;;/h2*2-11H,1H3;;;;;;;;;;. The van der Waals surface area contributed by atoms with Crippen LogP contribution in [-0.4, -0.2) is 13.3 Å². The van der Waals surface area contributed by atoms with Crippen LogP contribution in [-0.2, 0) is 71.4 Å². The zero-order valence-electron chi connectivity index (χ0n) is 24.5. The van der Waals surface area contributed by atoms with E-state index in [2.05, 4.69) is 188 Å². The fraction of sp³-hybridized carbons (Fsp3) is 0.0588. The fourth-order valence-electron chi connectivity index (χ4n) is 2.90. The Bertz CT molecular complexity index is 1080. The third-order valence-electron chi connectivity index (χ3n) is 4.57. The Morgan fingerprint density at radius 2 is 0.391 bits per heavy atom. The SMILES string of the molecule is CP(c1ccccc1)c1ccccc1.CP(c1ccccc1)c1ccccc1.[C-]#[O+].[C-]#[O+].[C-]#[O+].[C-]#[O+].[C-]#[O+].[C-]#[O+].[C-]#[O+].[C-]#[O+].[Mn].[Mn]. The van der Waals surface area contributed by atoms with Crippen LogP contribution in [0.1, 0.15) is 0 Å². The molecular formula is C34H26Mn2O8P2. The molecule has 0 spiro atoms. The minimum absolute atomic E-state index is 0. The second-order valence-corrected chi connectivity index (χ2v) is 10.8. The van der Waals surface area contributed by atoms with Gasteiger partial charge in [0.05, 0.1) is 0 Å². The number of benzene rings is 4. The molecule has 4 aromatic rings. The van der Waals surface area contributed by atoms with Gasteiger partial charge in [0, 0.05) is 34.1 Å². The Labute approximate surface area is 295 Å². The predicted octanol–water partition coefficient (Wildman–Crippen LogP) is 5.19. The molecule has 0 bridgehead atoms. The molecule has 0 heterocycles. The fourth-order valence-corrected chi connectivity index (χ4v) is 5.98. The van der Waals surface area contributed by atoms with E-state index in [-0.39, 0.29) is 50.0 Å². The summed E-state index contributed by atoms with van der Waals surface area (Å²) in [6.45, 7) is 40.6. The smallest absolute Gasteiger partial charge is 0 e. The van der Waals surface area contributed by atoms with Gasteiger partial charge in [-0.3, -0.25) is 0 Å². The zero-order valence-corrected chi connectivity index (χ0v) is 28.6. The Kier molecular flexibility index (Phi) is 76.9. The average molecular weight is 734 g/mol. The summed E-state index contributed by atoms with van der Waals surface area (Å²) in [4.78, 5) is 0. The van der Waals surface area contributed by atoms with E-state index in [0.717, 1.165) is 0 Å². The van der Waals surface area contributed by atoms with Gasteiger partial charge in [-0.05, 0) is 50.4 Å². The molecule has 0 fully saturated rings. The van der Waals surface area contributed by atoms with Crippen molar-refractivity contribution >= 4 is 37.1 Å². The second kappa shape index (κ2) is 57.4. The third-order valence-corrected chi connectivity index (χ3v) is 8.86. The van der Waals surface area contributed by atoms with Crippen molar-refractivity contribution in [1.29, 1.82) is 0 Å². The Morgan fingerprint density at radius 3 is 0.500 bits per heavy atom. The van der Waals surface area contributed by atoms with Crippen molar-refractivity contribution in [3.05, 3.63) is 175 Å². The van der Waals surface area contributed by atoms with Crippen molar-refractivity contribution < 1.29 is 71.4 Å². The largest absolute Gasteiger partial charge is 0 e. The molecule has 0 aliphatic carbocycles. The van der Waals surface area contributed by atoms with Gasteiger partial charge in [-0.25, -0.2) is 0 Å². The molecule has 4 aromatic carbocycles. The van der Waals surface area contributed by atoms with Gasteiger partial charge in [0.25, 0.3) is 0 Å². The van der Waals surface area contributed by atoms with E-state index in [1.807, 2.05) is 0 Å². The predicted molar refractivity (Wildman–Crippen MR) is 161 cm³/mol. The topological polar surface area (TPSA) is 159 Å². The van der Waals surface area contributed by atoms with E-state index < -0.39 is 0 Å². The van der Waals surface area contributed by atoms with E-state index in [4.69, 9.17) is 37.2 Å². The van der Waals surface area contributed by atoms with Crippen molar-refractivity contribution in [2.45, 2.75) is 0 Å². The van der Waals surface area contributed by atoms with Crippen LogP contribution in [0.25, 0.3) is 0 Å². The maximum Gasteiger partial charge on any atom is 0 e. The van der Waals surface area contributed by atoms with Crippen molar-refractivity contribution in [2.75, 3.05) is 13.3 Å². The molecule has 0 aliphatic heterocycles. The molecule has 0 saturated heterocycles. The molecule has 0 aromatic heterocycles. The summed E-state index contributed by atoms with van der Waals surface area (Å²) in [5.41, 5.74) is 0. The second-order valence-electron chi connectivity index (χ2n) is 6.46. The zero-order chi connectivity index (χ0) is 35.6. The minimum atomic E-state index is -0.171. The van der Waals surface area contributed by atoms with E-state index in [1.165, 1.54) is 21.2 Å². The quantitative estimate of drug-likeness (QED) is 0.117. The van der Waals surface area contributed by atoms with Crippen molar-refractivity contribution in [2.24, 2.45) is 0 Å². The first kappa shape index (κ1) is 61.7. The maximum atomic E-state index is 7.50. The summed E-state index contributed by atoms with van der Waals surface area (Å²) in [5, 5.41) is 5.75. The summed E-state index contributed by atoms with van der Waals surface area (Å²) >= 11 is 0. The van der Waals surface area contributed by atoms with E-state index >= 15 is 0 Å². The Hall–Kier alpha value is -3.30. The van der Waals surface area contributed by atoms with Gasteiger partial charge >= 0.3 is 90.4 Å². The first-order chi connectivity index (χ1) is 21.8. The molecule has 0 atom stereocenters. The molecule has 2 radical (unpaired) electrons. The van der Waals surface area contributed by atoms with Gasteiger partial charge < -0.3 is 0 Å². The number of rotatable bonds is 4. The average Bonchev–Trinajstić information content (AvgIpc) is 3.19. The molecule has 4 rings (SSSR count). The molecule has 0 N–H and O–H groups in total. The van der Waals surface area contributed by atoms with Crippen LogP contribution < -0.4 is 21.2 Å². The van der Waals surface area contributed by atoms with Gasteiger partial charge in [-0.15, -0.1) is 0 Å². The molecule has 0 unspecified atom stereocenters. The Balaban J connectivity index is -0.0000000709. The summed E-state index contributed by atoms with van der Waals surface area (Å²) in [7, 11) is -0.342. The molecule has 0 amide bonds. The monoisotopic (exact) mass is 734 g/mol. The van der Waals surface area contributed by atoms with Crippen LogP contribution in [0, 0.1) is 53.2 Å². The van der Waals surface area contributed by atoms with Crippen molar-refractivity contribution in [3.63, 3.8) is 0 Å². The van der Waals surface area contributed by atoms with Crippen LogP contribution in [0.2, 0.25) is 0 Å². The minimum Gasteiger partial charge on any atom is 0 e. The molecule has 12 heteroatoms. The summed E-state index contributed by atoms with van der Waals surface area (Å²) in [6.07, 6.45) is 0. The number of hydrogen-bond donors (Lipinski definition) is 0. The van der Waals surface area contributed by atoms with Crippen LogP contribution in [0.3, 0.4) is 0 Å². The molecule has 8 nitrogen and oxygen atoms in total. The van der Waals surface area contributed by atoms with Crippen LogP contribution in [0.4, 0.5) is 0 Å². The summed E-state index contributed by atoms with van der Waals surface area (Å²) in [5.74, 6) is 0. The summed E-state index contributed by atoms with van der Waals surface area (Å²) < 4.78 is 60.0. The van der Waals surface area contributed by atoms with Crippen molar-refractivity contribution in [3.8, 4) is 0 Å². The molecule has 234 valence electrons. The number of hydrogen-bond acceptors (Lipinski definition) is 0. The van der Waals surface area contributed by atoms with Gasteiger partial charge in [-0.2, -0.15) is 0 Å². The Morgan fingerprint density at radius 1 is 0.283 bits per heavy atom. The third kappa shape index (κ3) is 32.1. The van der Waals surface area contributed by atoms with Gasteiger partial charge in [0.2, 0.25) is 0 Å². The molecule has 46 heavy (non-hydrogen) atoms. The van der Waals surface area contributed by atoms with E-state index in [1.54, 1.807) is 0 Å². The van der Waals surface area contributed by atoms with Crippen molar-refractivity contribution in [1.82, 2.24) is 0 Å². The van der Waals surface area contributed by atoms with Gasteiger partial charge in [-0.1, -0.05) is 121 Å². The first-order valence-electron chi connectivity index (χ1n) is 11.1. The summed E-state index contributed by atoms with van der Waals surface area (Å²) in [6, 6.07) is 42.8. The molecule has 0 saturated carbocycles. The van der Waals surface area contributed by atoms with Gasteiger partial charge in [0.15, 0.2) is 0 Å². The van der Waals surface area contributed by atoms with Crippen LogP contribution in [0.15, 0.2) is 121 Å². The van der Waals surface area contributed by atoms with Crippen LogP contribution >= 0.6 is 15.8 Å². The van der Waals surface area contributed by atoms with E-state index in [0.29, 0.717) is 0 Å². The first-order valence-corrected chi connectivity index (χ1v) is 14.6. The van der Waals surface area contributed by atoms with Gasteiger partial charge in [0.1, 0.15) is 0 Å². The molecular weight excluding hydrogens is 708 g/mol.